The molecule has 0 heterocycles. The van der Waals surface area contributed by atoms with E-state index in [4.69, 9.17) is 23.2 Å². The fourth-order valence-corrected chi connectivity index (χ4v) is 2.49. The zero-order chi connectivity index (χ0) is 17.0. The Kier molecular flexibility index (Phi) is 5.51. The smallest absolute Gasteiger partial charge is 0.248 e. The van der Waals surface area contributed by atoms with Crippen molar-refractivity contribution in [3.63, 3.8) is 0 Å². The molecular weight excluding hydrogens is 329 g/mol. The van der Waals surface area contributed by atoms with Crippen molar-refractivity contribution in [1.82, 2.24) is 0 Å². The third kappa shape index (κ3) is 5.12. The molecule has 0 bridgehead atoms. The molecule has 0 saturated carbocycles. The van der Waals surface area contributed by atoms with Crippen molar-refractivity contribution >= 4 is 40.9 Å². The zero-order valence-electron chi connectivity index (χ0n) is 13.4. The second kappa shape index (κ2) is 7.20. The predicted octanol–water partition coefficient (Wildman–Crippen LogP) is 5.94. The third-order valence-corrected chi connectivity index (χ3v) is 3.94. The van der Waals surface area contributed by atoms with E-state index in [0.29, 0.717) is 15.7 Å². The molecule has 0 aliphatic rings. The van der Waals surface area contributed by atoms with Crippen LogP contribution in [-0.4, -0.2) is 5.91 Å². The van der Waals surface area contributed by atoms with Gasteiger partial charge in [0, 0.05) is 11.1 Å². The summed E-state index contributed by atoms with van der Waals surface area (Å²) in [4.78, 5) is 12.0. The van der Waals surface area contributed by atoms with E-state index in [9.17, 15) is 4.79 Å². The van der Waals surface area contributed by atoms with Gasteiger partial charge < -0.3 is 5.32 Å². The van der Waals surface area contributed by atoms with Crippen LogP contribution in [0.25, 0.3) is 6.08 Å². The van der Waals surface area contributed by atoms with Gasteiger partial charge >= 0.3 is 0 Å². The second-order valence-corrected chi connectivity index (χ2v) is 7.16. The summed E-state index contributed by atoms with van der Waals surface area (Å²) in [5.41, 5.74) is 2.88. The Morgan fingerprint density at radius 2 is 1.70 bits per heavy atom. The Balaban J connectivity index is 2.03. The number of anilines is 1. The van der Waals surface area contributed by atoms with Gasteiger partial charge in [-0.25, -0.2) is 0 Å². The van der Waals surface area contributed by atoms with E-state index >= 15 is 0 Å². The van der Waals surface area contributed by atoms with Crippen LogP contribution in [0.5, 0.6) is 0 Å². The predicted molar refractivity (Wildman–Crippen MR) is 99.3 cm³/mol. The number of carbonyl (C=O) groups excluding carboxylic acids is 1. The molecule has 2 aromatic rings. The highest BCUT2D eigenvalue weighted by molar-refractivity contribution is 6.36. The highest BCUT2D eigenvalue weighted by Crippen LogP contribution is 2.25. The number of benzene rings is 2. The molecule has 0 unspecified atom stereocenters. The van der Waals surface area contributed by atoms with Crippen molar-refractivity contribution in [3.05, 3.63) is 69.7 Å². The fraction of sp³-hybridized carbons (Fsp3) is 0.211. The minimum Gasteiger partial charge on any atom is -0.321 e. The van der Waals surface area contributed by atoms with Crippen LogP contribution in [0.1, 0.15) is 31.9 Å². The number of hydrogen-bond acceptors (Lipinski definition) is 1. The van der Waals surface area contributed by atoms with Crippen LogP contribution in [-0.2, 0) is 10.2 Å². The lowest BCUT2D eigenvalue weighted by Gasteiger charge is -2.18. The first-order valence-electron chi connectivity index (χ1n) is 7.30. The maximum Gasteiger partial charge on any atom is 0.248 e. The standard InChI is InChI=1S/C19H19Cl2NO/c1-19(2,3)14-7-4-13(5-8-14)6-11-18(23)22-17-10-9-15(20)12-16(17)21/h4-12H,1-3H3,(H,22,23). The number of rotatable bonds is 3. The molecule has 120 valence electrons. The van der Waals surface area contributed by atoms with Gasteiger partial charge in [0.2, 0.25) is 5.91 Å². The molecule has 2 nitrogen and oxygen atoms in total. The van der Waals surface area contributed by atoms with Gasteiger partial charge in [-0.3, -0.25) is 4.79 Å². The van der Waals surface area contributed by atoms with Crippen molar-refractivity contribution in [2.24, 2.45) is 0 Å². The Bertz CT molecular complexity index is 728. The Morgan fingerprint density at radius 1 is 1.04 bits per heavy atom. The Morgan fingerprint density at radius 3 is 2.26 bits per heavy atom. The van der Waals surface area contributed by atoms with Crippen molar-refractivity contribution in [1.29, 1.82) is 0 Å². The second-order valence-electron chi connectivity index (χ2n) is 6.32. The highest BCUT2D eigenvalue weighted by Gasteiger charge is 2.12. The summed E-state index contributed by atoms with van der Waals surface area (Å²) in [7, 11) is 0. The van der Waals surface area contributed by atoms with Gasteiger partial charge in [-0.15, -0.1) is 0 Å². The van der Waals surface area contributed by atoms with Crippen molar-refractivity contribution in [2.75, 3.05) is 5.32 Å². The molecule has 2 rings (SSSR count). The fourth-order valence-electron chi connectivity index (χ4n) is 2.03. The lowest BCUT2D eigenvalue weighted by Crippen LogP contribution is -2.10. The van der Waals surface area contributed by atoms with E-state index in [-0.39, 0.29) is 11.3 Å². The SMILES string of the molecule is CC(C)(C)c1ccc(C=CC(=O)Nc2ccc(Cl)cc2Cl)cc1. The molecule has 0 atom stereocenters. The molecule has 0 aliphatic heterocycles. The van der Waals surface area contributed by atoms with Gasteiger partial charge in [-0.1, -0.05) is 68.2 Å². The molecule has 0 aliphatic carbocycles. The first-order chi connectivity index (χ1) is 10.8. The van der Waals surface area contributed by atoms with Crippen LogP contribution >= 0.6 is 23.2 Å². The summed E-state index contributed by atoms with van der Waals surface area (Å²) in [6.07, 6.45) is 3.25. The maximum atomic E-state index is 12.0. The van der Waals surface area contributed by atoms with Crippen LogP contribution in [0.15, 0.2) is 48.5 Å². The lowest BCUT2D eigenvalue weighted by molar-refractivity contribution is -0.111. The summed E-state index contributed by atoms with van der Waals surface area (Å²) in [5.74, 6) is -0.242. The Hall–Kier alpha value is -1.77. The molecule has 0 fully saturated rings. The van der Waals surface area contributed by atoms with Crippen molar-refractivity contribution < 1.29 is 4.79 Å². The monoisotopic (exact) mass is 347 g/mol. The van der Waals surface area contributed by atoms with Gasteiger partial charge in [0.05, 0.1) is 10.7 Å². The molecule has 23 heavy (non-hydrogen) atoms. The summed E-state index contributed by atoms with van der Waals surface area (Å²) in [6.45, 7) is 6.50. The molecule has 1 N–H and O–H groups in total. The number of hydrogen-bond donors (Lipinski definition) is 1. The molecule has 1 amide bonds. The van der Waals surface area contributed by atoms with E-state index in [1.807, 2.05) is 12.1 Å². The van der Waals surface area contributed by atoms with Gasteiger partial charge in [0.15, 0.2) is 0 Å². The van der Waals surface area contributed by atoms with Crippen LogP contribution in [0, 0.1) is 0 Å². The molecule has 0 aromatic heterocycles. The molecule has 0 spiro atoms. The van der Waals surface area contributed by atoms with E-state index in [1.54, 1.807) is 24.3 Å². The molecule has 0 saturated heterocycles. The van der Waals surface area contributed by atoms with E-state index in [2.05, 4.69) is 38.2 Å². The first-order valence-corrected chi connectivity index (χ1v) is 8.06. The van der Waals surface area contributed by atoms with Gasteiger partial charge in [-0.2, -0.15) is 0 Å². The maximum absolute atomic E-state index is 12.0. The van der Waals surface area contributed by atoms with Crippen LogP contribution in [0.4, 0.5) is 5.69 Å². The number of halogens is 2. The first kappa shape index (κ1) is 17.6. The minimum atomic E-state index is -0.242. The summed E-state index contributed by atoms with van der Waals surface area (Å²) in [5, 5.41) is 3.67. The van der Waals surface area contributed by atoms with Crippen LogP contribution < -0.4 is 5.32 Å². The normalized spacial score (nSPS) is 11.7. The van der Waals surface area contributed by atoms with Crippen molar-refractivity contribution in [2.45, 2.75) is 26.2 Å². The molecule has 0 radical (unpaired) electrons. The van der Waals surface area contributed by atoms with Crippen LogP contribution in [0.2, 0.25) is 10.0 Å². The largest absolute Gasteiger partial charge is 0.321 e. The quantitative estimate of drug-likeness (QED) is 0.683. The summed E-state index contributed by atoms with van der Waals surface area (Å²) >= 11 is 11.9. The van der Waals surface area contributed by atoms with Crippen LogP contribution in [0.3, 0.4) is 0 Å². The Labute approximate surface area is 147 Å². The molecular formula is C19H19Cl2NO. The average molecular weight is 348 g/mol. The average Bonchev–Trinajstić information content (AvgIpc) is 2.47. The van der Waals surface area contributed by atoms with Gasteiger partial charge in [-0.05, 0) is 40.8 Å². The molecule has 2 aromatic carbocycles. The van der Waals surface area contributed by atoms with Crippen molar-refractivity contribution in [3.8, 4) is 0 Å². The third-order valence-electron chi connectivity index (χ3n) is 3.39. The molecule has 4 heteroatoms. The van der Waals surface area contributed by atoms with E-state index in [0.717, 1.165) is 5.56 Å². The number of amides is 1. The van der Waals surface area contributed by atoms with E-state index in [1.165, 1.54) is 11.6 Å². The van der Waals surface area contributed by atoms with Gasteiger partial charge in [0.1, 0.15) is 0 Å². The zero-order valence-corrected chi connectivity index (χ0v) is 14.9. The number of carbonyl (C=O) groups is 1. The summed E-state index contributed by atoms with van der Waals surface area (Å²) in [6, 6.07) is 13.1. The van der Waals surface area contributed by atoms with Gasteiger partial charge in [0.25, 0.3) is 0 Å². The minimum absolute atomic E-state index is 0.116. The highest BCUT2D eigenvalue weighted by atomic mass is 35.5. The topological polar surface area (TPSA) is 29.1 Å². The summed E-state index contributed by atoms with van der Waals surface area (Å²) < 4.78 is 0. The lowest BCUT2D eigenvalue weighted by atomic mass is 9.87. The number of nitrogens with one attached hydrogen (secondary N) is 1. The van der Waals surface area contributed by atoms with E-state index < -0.39 is 0 Å².